The number of nitrogens with zero attached hydrogens (tertiary/aromatic N) is 2. The molecule has 1 N–H and O–H groups in total. The van der Waals surface area contributed by atoms with E-state index in [0.29, 0.717) is 22.7 Å². The first-order chi connectivity index (χ1) is 16.0. The standard InChI is InChI=1S/C25H25N3O4S/c1-4-31-24(30)22-17(3)26-25-28(12-13-33-25)23(22)19-10-5-6-11-20(19)32-15-21(29)27-18-9-7-8-16(2)14-18/h5-14,23H,4,15H2,1-3H3,(H,27,29)/t23-/m1/s1. The van der Waals surface area contributed by atoms with Gasteiger partial charge in [-0.1, -0.05) is 42.1 Å². The predicted octanol–water partition coefficient (Wildman–Crippen LogP) is 4.78. The van der Waals surface area contributed by atoms with E-state index in [0.717, 1.165) is 16.3 Å². The molecule has 0 aliphatic carbocycles. The molecule has 33 heavy (non-hydrogen) atoms. The Morgan fingerprint density at radius 2 is 1.97 bits per heavy atom. The van der Waals surface area contributed by atoms with Gasteiger partial charge in [0.1, 0.15) is 5.75 Å². The fourth-order valence-corrected chi connectivity index (χ4v) is 4.57. The second-order valence-electron chi connectivity index (χ2n) is 7.57. The Kier molecular flexibility index (Phi) is 6.84. The molecule has 2 heterocycles. The molecule has 2 aliphatic heterocycles. The van der Waals surface area contributed by atoms with Gasteiger partial charge in [0.15, 0.2) is 11.8 Å². The number of rotatable bonds is 7. The molecule has 0 radical (unpaired) electrons. The topological polar surface area (TPSA) is 80.2 Å². The first kappa shape index (κ1) is 22.7. The van der Waals surface area contributed by atoms with Crippen LogP contribution in [0, 0.1) is 6.92 Å². The monoisotopic (exact) mass is 463 g/mol. The van der Waals surface area contributed by atoms with E-state index in [4.69, 9.17) is 9.47 Å². The summed E-state index contributed by atoms with van der Waals surface area (Å²) in [7, 11) is 0. The van der Waals surface area contributed by atoms with Gasteiger partial charge in [-0.25, -0.2) is 9.79 Å². The van der Waals surface area contributed by atoms with Crippen LogP contribution in [0.5, 0.6) is 5.75 Å². The quantitative estimate of drug-likeness (QED) is 0.595. The Morgan fingerprint density at radius 3 is 2.76 bits per heavy atom. The van der Waals surface area contributed by atoms with Crippen LogP contribution >= 0.6 is 11.8 Å². The molecule has 1 atom stereocenters. The molecule has 1 amide bonds. The molecule has 2 aliphatic rings. The zero-order valence-electron chi connectivity index (χ0n) is 18.7. The average Bonchev–Trinajstić information content (AvgIpc) is 3.25. The summed E-state index contributed by atoms with van der Waals surface area (Å²) in [5.41, 5.74) is 3.58. The van der Waals surface area contributed by atoms with Crippen molar-refractivity contribution < 1.29 is 19.1 Å². The Hall–Kier alpha value is -3.52. The van der Waals surface area contributed by atoms with Gasteiger partial charge < -0.3 is 19.7 Å². The number of para-hydroxylation sites is 1. The highest BCUT2D eigenvalue weighted by Gasteiger charge is 2.38. The van der Waals surface area contributed by atoms with Crippen LogP contribution in [-0.2, 0) is 14.3 Å². The third-order valence-electron chi connectivity index (χ3n) is 5.19. The van der Waals surface area contributed by atoms with Gasteiger partial charge in [-0.2, -0.15) is 0 Å². The van der Waals surface area contributed by atoms with Crippen molar-refractivity contribution in [1.29, 1.82) is 0 Å². The van der Waals surface area contributed by atoms with Crippen molar-refractivity contribution in [3.63, 3.8) is 0 Å². The predicted molar refractivity (Wildman–Crippen MR) is 130 cm³/mol. The molecule has 2 aromatic rings. The highest BCUT2D eigenvalue weighted by atomic mass is 32.2. The molecule has 0 fully saturated rings. The number of esters is 1. The lowest BCUT2D eigenvalue weighted by atomic mass is 9.94. The summed E-state index contributed by atoms with van der Waals surface area (Å²) in [4.78, 5) is 31.9. The van der Waals surface area contributed by atoms with Gasteiger partial charge in [0.05, 0.1) is 23.9 Å². The van der Waals surface area contributed by atoms with Crippen molar-refractivity contribution in [3.05, 3.63) is 82.5 Å². The Morgan fingerprint density at radius 1 is 1.15 bits per heavy atom. The van der Waals surface area contributed by atoms with Crippen LogP contribution in [0.15, 0.2) is 76.4 Å². The summed E-state index contributed by atoms with van der Waals surface area (Å²) >= 11 is 1.49. The number of carbonyl (C=O) groups is 2. The van der Waals surface area contributed by atoms with Crippen molar-refractivity contribution in [2.45, 2.75) is 26.8 Å². The van der Waals surface area contributed by atoms with Gasteiger partial charge in [0.25, 0.3) is 5.91 Å². The highest BCUT2D eigenvalue weighted by Crippen LogP contribution is 2.43. The second kappa shape index (κ2) is 9.95. The van der Waals surface area contributed by atoms with Crippen LogP contribution in [0.3, 0.4) is 0 Å². The van der Waals surface area contributed by atoms with Crippen molar-refractivity contribution >= 4 is 34.5 Å². The van der Waals surface area contributed by atoms with E-state index in [1.54, 1.807) is 19.9 Å². The van der Waals surface area contributed by atoms with Crippen LogP contribution < -0.4 is 10.1 Å². The molecule has 4 rings (SSSR count). The summed E-state index contributed by atoms with van der Waals surface area (Å²) < 4.78 is 11.3. The molecular formula is C25H25N3O4S. The number of amidine groups is 1. The number of thioether (sulfide) groups is 1. The van der Waals surface area contributed by atoms with E-state index >= 15 is 0 Å². The molecule has 170 valence electrons. The first-order valence-electron chi connectivity index (χ1n) is 10.6. The zero-order valence-corrected chi connectivity index (χ0v) is 19.5. The minimum absolute atomic E-state index is 0.166. The third-order valence-corrected chi connectivity index (χ3v) is 5.96. The molecular weight excluding hydrogens is 438 g/mol. The third kappa shape index (κ3) is 4.96. The van der Waals surface area contributed by atoms with E-state index in [1.165, 1.54) is 11.8 Å². The fourth-order valence-electron chi connectivity index (χ4n) is 3.78. The van der Waals surface area contributed by atoms with E-state index < -0.39 is 12.0 Å². The number of anilines is 1. The largest absolute Gasteiger partial charge is 0.483 e. The lowest BCUT2D eigenvalue weighted by Gasteiger charge is -2.34. The number of hydrogen-bond donors (Lipinski definition) is 1. The average molecular weight is 464 g/mol. The summed E-state index contributed by atoms with van der Waals surface area (Å²) in [6.07, 6.45) is 1.89. The molecule has 0 aromatic heterocycles. The lowest BCUT2D eigenvalue weighted by molar-refractivity contribution is -0.139. The van der Waals surface area contributed by atoms with Gasteiger partial charge >= 0.3 is 5.97 Å². The van der Waals surface area contributed by atoms with E-state index in [-0.39, 0.29) is 19.1 Å². The van der Waals surface area contributed by atoms with Crippen LogP contribution in [0.4, 0.5) is 5.69 Å². The summed E-state index contributed by atoms with van der Waals surface area (Å²) in [6, 6.07) is 14.5. The van der Waals surface area contributed by atoms with Crippen LogP contribution in [0.25, 0.3) is 0 Å². The molecule has 0 saturated carbocycles. The van der Waals surface area contributed by atoms with Crippen LogP contribution in [-0.4, -0.2) is 35.2 Å². The number of carbonyl (C=O) groups excluding carboxylic acids is 2. The van der Waals surface area contributed by atoms with Gasteiger partial charge in [0.2, 0.25) is 0 Å². The number of nitrogens with one attached hydrogen (secondary N) is 1. The van der Waals surface area contributed by atoms with Gasteiger partial charge in [-0.3, -0.25) is 4.79 Å². The van der Waals surface area contributed by atoms with E-state index in [1.807, 2.05) is 65.9 Å². The molecule has 7 nitrogen and oxygen atoms in total. The minimum atomic E-state index is -0.473. The normalized spacial score (nSPS) is 16.9. The van der Waals surface area contributed by atoms with Gasteiger partial charge in [-0.05, 0) is 49.9 Å². The van der Waals surface area contributed by atoms with Gasteiger partial charge in [-0.15, -0.1) is 0 Å². The lowest BCUT2D eigenvalue weighted by Crippen LogP contribution is -2.34. The Bertz CT molecular complexity index is 1170. The number of hydrogen-bond acceptors (Lipinski definition) is 7. The fraction of sp³-hybridized carbons (Fsp3) is 0.240. The molecule has 2 aromatic carbocycles. The number of allylic oxidation sites excluding steroid dienone is 1. The number of amides is 1. The number of ether oxygens (including phenoxy) is 2. The van der Waals surface area contributed by atoms with E-state index in [9.17, 15) is 9.59 Å². The summed E-state index contributed by atoms with van der Waals surface area (Å²) in [5.74, 6) is -0.168. The Labute approximate surface area is 197 Å². The smallest absolute Gasteiger partial charge is 0.338 e. The number of aliphatic imine (C=N–C) groups is 1. The maximum absolute atomic E-state index is 12.9. The molecule has 0 saturated heterocycles. The Balaban J connectivity index is 1.60. The van der Waals surface area contributed by atoms with Gasteiger partial charge in [0, 0.05) is 17.5 Å². The highest BCUT2D eigenvalue weighted by molar-refractivity contribution is 8.16. The second-order valence-corrected chi connectivity index (χ2v) is 8.44. The first-order valence-corrected chi connectivity index (χ1v) is 11.5. The van der Waals surface area contributed by atoms with Crippen molar-refractivity contribution in [3.8, 4) is 5.75 Å². The van der Waals surface area contributed by atoms with Crippen LogP contribution in [0.1, 0.15) is 31.0 Å². The van der Waals surface area contributed by atoms with Crippen molar-refractivity contribution in [1.82, 2.24) is 4.90 Å². The SMILES string of the molecule is CCOC(=O)C1=C(C)N=C2SC=CN2[C@@H]1c1ccccc1OCC(=O)Nc1cccc(C)c1. The van der Waals surface area contributed by atoms with Crippen molar-refractivity contribution in [2.75, 3.05) is 18.5 Å². The van der Waals surface area contributed by atoms with Crippen LogP contribution in [0.2, 0.25) is 0 Å². The van der Waals surface area contributed by atoms with E-state index in [2.05, 4.69) is 10.3 Å². The molecule has 0 bridgehead atoms. The summed E-state index contributed by atoms with van der Waals surface area (Å²) in [6.45, 7) is 5.64. The molecule has 0 unspecified atom stereocenters. The maximum Gasteiger partial charge on any atom is 0.338 e. The number of aryl methyl sites for hydroxylation is 1. The summed E-state index contributed by atoms with van der Waals surface area (Å²) in [5, 5.41) is 5.55. The number of benzene rings is 2. The van der Waals surface area contributed by atoms with Crippen molar-refractivity contribution in [2.24, 2.45) is 4.99 Å². The molecule has 0 spiro atoms. The maximum atomic E-state index is 12.9. The molecule has 8 heteroatoms. The number of fused-ring (bicyclic) bond motifs is 1. The zero-order chi connectivity index (χ0) is 23.4. The minimum Gasteiger partial charge on any atom is -0.483 e.